The van der Waals surface area contributed by atoms with Crippen molar-refractivity contribution in [3.63, 3.8) is 0 Å². The van der Waals surface area contributed by atoms with Crippen LogP contribution in [0.5, 0.6) is 0 Å². The highest BCUT2D eigenvalue weighted by atomic mass is 15.1. The van der Waals surface area contributed by atoms with E-state index >= 15 is 0 Å². The maximum atomic E-state index is 5.69. The van der Waals surface area contributed by atoms with Gasteiger partial charge >= 0.3 is 0 Å². The topological polar surface area (TPSA) is 46.6 Å². The van der Waals surface area contributed by atoms with E-state index in [0.29, 0.717) is 6.54 Å². The lowest BCUT2D eigenvalue weighted by atomic mass is 9.94. The van der Waals surface area contributed by atoms with Crippen molar-refractivity contribution in [1.82, 2.24) is 14.3 Å². The molecular formula is C16H24N4. The van der Waals surface area contributed by atoms with E-state index in [9.17, 15) is 0 Å². The van der Waals surface area contributed by atoms with E-state index in [4.69, 9.17) is 5.73 Å². The van der Waals surface area contributed by atoms with Gasteiger partial charge in [-0.15, -0.1) is 0 Å². The molecule has 4 heteroatoms. The molecule has 2 aromatic heterocycles. The number of aromatic nitrogens is 2. The molecule has 1 saturated heterocycles. The predicted octanol–water partition coefficient (Wildman–Crippen LogP) is 2.07. The van der Waals surface area contributed by atoms with Crippen LogP contribution < -0.4 is 5.73 Å². The summed E-state index contributed by atoms with van der Waals surface area (Å²) in [5, 5.41) is 0. The van der Waals surface area contributed by atoms with E-state index in [1.54, 1.807) is 0 Å². The fraction of sp³-hybridized carbons (Fsp3) is 0.562. The Hall–Kier alpha value is -1.39. The standard InChI is InChI=1S/C16H24N4/c1-2-19-6-3-4-14(12-19)9-16-18-11-15-8-13(10-17)5-7-20(15)16/h5,7-8,11,14H,2-4,6,9-10,12,17H2,1H3. The Labute approximate surface area is 120 Å². The summed E-state index contributed by atoms with van der Waals surface area (Å²) in [6, 6.07) is 4.23. The third kappa shape index (κ3) is 2.72. The number of nitrogens with two attached hydrogens (primary N) is 1. The van der Waals surface area contributed by atoms with Gasteiger partial charge in [-0.1, -0.05) is 6.92 Å². The summed E-state index contributed by atoms with van der Waals surface area (Å²) in [6.07, 6.45) is 7.80. The monoisotopic (exact) mass is 272 g/mol. The lowest BCUT2D eigenvalue weighted by Crippen LogP contribution is -2.36. The van der Waals surface area contributed by atoms with Crippen molar-refractivity contribution in [3.8, 4) is 0 Å². The molecule has 0 bridgehead atoms. The van der Waals surface area contributed by atoms with Gasteiger partial charge in [-0.05, 0) is 49.5 Å². The number of hydrogen-bond donors (Lipinski definition) is 1. The molecule has 0 amide bonds. The molecule has 1 aliphatic rings. The summed E-state index contributed by atoms with van der Waals surface area (Å²) in [4.78, 5) is 7.17. The van der Waals surface area contributed by atoms with E-state index < -0.39 is 0 Å². The lowest BCUT2D eigenvalue weighted by Gasteiger charge is -2.31. The van der Waals surface area contributed by atoms with Crippen LogP contribution >= 0.6 is 0 Å². The Balaban J connectivity index is 1.77. The van der Waals surface area contributed by atoms with Crippen LogP contribution in [-0.4, -0.2) is 33.9 Å². The SMILES string of the molecule is CCN1CCCC(Cc2ncc3cc(CN)ccn23)C1. The largest absolute Gasteiger partial charge is 0.326 e. The second-order valence-electron chi connectivity index (χ2n) is 5.81. The third-order valence-electron chi connectivity index (χ3n) is 4.43. The number of pyridine rings is 1. The van der Waals surface area contributed by atoms with Crippen LogP contribution in [0.2, 0.25) is 0 Å². The molecule has 2 N–H and O–H groups in total. The number of piperidine rings is 1. The molecule has 20 heavy (non-hydrogen) atoms. The molecule has 1 unspecified atom stereocenters. The summed E-state index contributed by atoms with van der Waals surface area (Å²) in [5.41, 5.74) is 8.02. The van der Waals surface area contributed by atoms with Crippen molar-refractivity contribution >= 4 is 5.52 Å². The van der Waals surface area contributed by atoms with E-state index in [1.165, 1.54) is 43.9 Å². The van der Waals surface area contributed by atoms with E-state index in [1.807, 2.05) is 6.20 Å². The van der Waals surface area contributed by atoms with Crippen molar-refractivity contribution < 1.29 is 0 Å². The minimum Gasteiger partial charge on any atom is -0.326 e. The van der Waals surface area contributed by atoms with Crippen molar-refractivity contribution in [1.29, 1.82) is 0 Å². The second-order valence-corrected chi connectivity index (χ2v) is 5.81. The zero-order chi connectivity index (χ0) is 13.9. The maximum absolute atomic E-state index is 5.69. The van der Waals surface area contributed by atoms with Gasteiger partial charge in [0.1, 0.15) is 5.82 Å². The Morgan fingerprint density at radius 1 is 1.45 bits per heavy atom. The average molecular weight is 272 g/mol. The third-order valence-corrected chi connectivity index (χ3v) is 4.43. The number of likely N-dealkylation sites (tertiary alicyclic amines) is 1. The minimum absolute atomic E-state index is 0.588. The summed E-state index contributed by atoms with van der Waals surface area (Å²) < 4.78 is 2.21. The molecule has 108 valence electrons. The number of rotatable bonds is 4. The number of nitrogens with zero attached hydrogens (tertiary/aromatic N) is 3. The minimum atomic E-state index is 0.588. The van der Waals surface area contributed by atoms with Crippen LogP contribution in [0.4, 0.5) is 0 Å². The van der Waals surface area contributed by atoms with Gasteiger partial charge < -0.3 is 15.0 Å². The smallest absolute Gasteiger partial charge is 0.113 e. The Kier molecular flexibility index (Phi) is 4.03. The first kappa shape index (κ1) is 13.6. The Morgan fingerprint density at radius 2 is 2.35 bits per heavy atom. The predicted molar refractivity (Wildman–Crippen MR) is 81.6 cm³/mol. The van der Waals surface area contributed by atoms with Crippen molar-refractivity contribution in [2.75, 3.05) is 19.6 Å². The Morgan fingerprint density at radius 3 is 3.15 bits per heavy atom. The van der Waals surface area contributed by atoms with Crippen LogP contribution in [0.15, 0.2) is 24.5 Å². The number of hydrogen-bond acceptors (Lipinski definition) is 3. The lowest BCUT2D eigenvalue weighted by molar-refractivity contribution is 0.180. The number of fused-ring (bicyclic) bond motifs is 1. The molecule has 1 aliphatic heterocycles. The second kappa shape index (κ2) is 5.94. The highest BCUT2D eigenvalue weighted by molar-refractivity contribution is 5.48. The summed E-state index contributed by atoms with van der Waals surface area (Å²) in [6.45, 7) is 6.48. The van der Waals surface area contributed by atoms with Crippen LogP contribution in [0.3, 0.4) is 0 Å². The maximum Gasteiger partial charge on any atom is 0.113 e. The van der Waals surface area contributed by atoms with Gasteiger partial charge in [0, 0.05) is 25.7 Å². The summed E-state index contributed by atoms with van der Waals surface area (Å²) in [7, 11) is 0. The van der Waals surface area contributed by atoms with E-state index in [2.05, 4.69) is 39.5 Å². The fourth-order valence-electron chi connectivity index (χ4n) is 3.24. The molecule has 3 rings (SSSR count). The van der Waals surface area contributed by atoms with Gasteiger partial charge in [0.2, 0.25) is 0 Å². The van der Waals surface area contributed by atoms with Crippen molar-refractivity contribution in [2.24, 2.45) is 11.7 Å². The molecule has 1 fully saturated rings. The molecule has 3 heterocycles. The van der Waals surface area contributed by atoms with Crippen molar-refractivity contribution in [2.45, 2.75) is 32.7 Å². The zero-order valence-electron chi connectivity index (χ0n) is 12.3. The molecule has 0 spiro atoms. The molecule has 0 saturated carbocycles. The quantitative estimate of drug-likeness (QED) is 0.927. The summed E-state index contributed by atoms with van der Waals surface area (Å²) in [5.74, 6) is 1.93. The Bertz CT molecular complexity index is 575. The molecule has 1 atom stereocenters. The van der Waals surface area contributed by atoms with Gasteiger partial charge in [0.25, 0.3) is 0 Å². The average Bonchev–Trinajstić information content (AvgIpc) is 2.89. The van der Waals surface area contributed by atoms with Crippen molar-refractivity contribution in [3.05, 3.63) is 35.9 Å². The van der Waals surface area contributed by atoms with E-state index in [-0.39, 0.29) is 0 Å². The molecule has 4 nitrogen and oxygen atoms in total. The van der Waals surface area contributed by atoms with Gasteiger partial charge in [0.15, 0.2) is 0 Å². The van der Waals surface area contributed by atoms with Crippen LogP contribution in [-0.2, 0) is 13.0 Å². The van der Waals surface area contributed by atoms with E-state index in [0.717, 1.165) is 17.9 Å². The highest BCUT2D eigenvalue weighted by Crippen LogP contribution is 2.21. The van der Waals surface area contributed by atoms with Crippen LogP contribution in [0, 0.1) is 5.92 Å². The molecule has 0 aromatic carbocycles. The molecular weight excluding hydrogens is 248 g/mol. The molecule has 0 radical (unpaired) electrons. The normalized spacial score (nSPS) is 20.6. The molecule has 0 aliphatic carbocycles. The molecule has 2 aromatic rings. The van der Waals surface area contributed by atoms with Crippen LogP contribution in [0.25, 0.3) is 5.52 Å². The first-order valence-corrected chi connectivity index (χ1v) is 7.67. The van der Waals surface area contributed by atoms with Gasteiger partial charge in [-0.25, -0.2) is 4.98 Å². The zero-order valence-corrected chi connectivity index (χ0v) is 12.3. The summed E-state index contributed by atoms with van der Waals surface area (Å²) >= 11 is 0. The van der Waals surface area contributed by atoms with Gasteiger partial charge in [-0.2, -0.15) is 0 Å². The van der Waals surface area contributed by atoms with Crippen LogP contribution in [0.1, 0.15) is 31.2 Å². The highest BCUT2D eigenvalue weighted by Gasteiger charge is 2.20. The first-order chi connectivity index (χ1) is 9.80. The first-order valence-electron chi connectivity index (χ1n) is 7.67. The fourth-order valence-corrected chi connectivity index (χ4v) is 3.24. The number of imidazole rings is 1. The van der Waals surface area contributed by atoms with Gasteiger partial charge in [0.05, 0.1) is 11.7 Å². The van der Waals surface area contributed by atoms with Gasteiger partial charge in [-0.3, -0.25) is 0 Å².